The highest BCUT2D eigenvalue weighted by molar-refractivity contribution is 6.02. The SMILES string of the molecule is CN(C)Cc1cccn1-c1cccc(C(=O)N=C(N)N)c1.Cl.Cl. The molecule has 2 aromatic rings. The highest BCUT2D eigenvalue weighted by Gasteiger charge is 2.08. The van der Waals surface area contributed by atoms with Gasteiger partial charge in [-0.25, -0.2) is 0 Å². The fraction of sp³-hybridized carbons (Fsp3) is 0.200. The van der Waals surface area contributed by atoms with Crippen molar-refractivity contribution in [1.29, 1.82) is 0 Å². The van der Waals surface area contributed by atoms with Gasteiger partial charge in [0.1, 0.15) is 0 Å². The number of aliphatic imine (C=N–C) groups is 1. The maximum atomic E-state index is 11.9. The molecule has 0 unspecified atom stereocenters. The number of rotatable bonds is 4. The van der Waals surface area contributed by atoms with E-state index in [4.69, 9.17) is 11.5 Å². The smallest absolute Gasteiger partial charge is 0.280 e. The van der Waals surface area contributed by atoms with E-state index in [1.165, 1.54) is 0 Å². The Hall–Kier alpha value is -2.02. The Morgan fingerprint density at radius 1 is 1.17 bits per heavy atom. The van der Waals surface area contributed by atoms with Crippen LogP contribution in [0.2, 0.25) is 0 Å². The van der Waals surface area contributed by atoms with Crippen molar-refractivity contribution in [2.24, 2.45) is 16.5 Å². The van der Waals surface area contributed by atoms with Crippen molar-refractivity contribution in [3.63, 3.8) is 0 Å². The van der Waals surface area contributed by atoms with Gasteiger partial charge >= 0.3 is 0 Å². The summed E-state index contributed by atoms with van der Waals surface area (Å²) in [6, 6.07) is 11.2. The first-order chi connectivity index (χ1) is 9.97. The first-order valence-electron chi connectivity index (χ1n) is 6.53. The number of hydrogen-bond donors (Lipinski definition) is 2. The summed E-state index contributed by atoms with van der Waals surface area (Å²) >= 11 is 0. The van der Waals surface area contributed by atoms with E-state index in [9.17, 15) is 4.79 Å². The van der Waals surface area contributed by atoms with Crippen LogP contribution < -0.4 is 11.5 Å². The molecule has 0 radical (unpaired) electrons. The predicted octanol–water partition coefficient (Wildman–Crippen LogP) is 1.80. The van der Waals surface area contributed by atoms with Gasteiger partial charge < -0.3 is 20.9 Å². The second kappa shape index (κ2) is 9.19. The second-order valence-corrected chi connectivity index (χ2v) is 5.00. The van der Waals surface area contributed by atoms with Gasteiger partial charge in [0.25, 0.3) is 5.91 Å². The zero-order chi connectivity index (χ0) is 15.4. The van der Waals surface area contributed by atoms with Crippen LogP contribution in [0, 0.1) is 0 Å². The minimum atomic E-state index is -0.446. The summed E-state index contributed by atoms with van der Waals surface area (Å²) in [5, 5.41) is 0. The fourth-order valence-corrected chi connectivity index (χ4v) is 2.09. The molecular formula is C15H21Cl2N5O. The van der Waals surface area contributed by atoms with Crippen molar-refractivity contribution < 1.29 is 4.79 Å². The number of carbonyl (C=O) groups is 1. The van der Waals surface area contributed by atoms with Crippen molar-refractivity contribution in [3.05, 3.63) is 53.9 Å². The van der Waals surface area contributed by atoms with Crippen molar-refractivity contribution in [2.45, 2.75) is 6.54 Å². The van der Waals surface area contributed by atoms with Gasteiger partial charge in [-0.05, 0) is 44.4 Å². The molecule has 1 aromatic carbocycles. The lowest BCUT2D eigenvalue weighted by molar-refractivity contribution is 0.100. The lowest BCUT2D eigenvalue weighted by atomic mass is 10.2. The zero-order valence-electron chi connectivity index (χ0n) is 13.0. The maximum absolute atomic E-state index is 11.9. The molecule has 0 aliphatic rings. The van der Waals surface area contributed by atoms with Crippen LogP contribution in [-0.2, 0) is 6.54 Å². The highest BCUT2D eigenvalue weighted by Crippen LogP contribution is 2.16. The van der Waals surface area contributed by atoms with Crippen LogP contribution >= 0.6 is 24.8 Å². The number of hydrogen-bond acceptors (Lipinski definition) is 2. The number of guanidine groups is 1. The van der Waals surface area contributed by atoms with Crippen molar-refractivity contribution in [2.75, 3.05) is 14.1 Å². The van der Waals surface area contributed by atoms with E-state index in [0.717, 1.165) is 17.9 Å². The summed E-state index contributed by atoms with van der Waals surface area (Å²) in [6.07, 6.45) is 1.96. The zero-order valence-corrected chi connectivity index (χ0v) is 14.6. The summed E-state index contributed by atoms with van der Waals surface area (Å²) in [5.41, 5.74) is 13.0. The monoisotopic (exact) mass is 357 g/mol. The van der Waals surface area contributed by atoms with Crippen molar-refractivity contribution >= 4 is 36.7 Å². The molecule has 0 spiro atoms. The van der Waals surface area contributed by atoms with Crippen molar-refractivity contribution in [3.8, 4) is 5.69 Å². The molecule has 0 saturated heterocycles. The molecule has 126 valence electrons. The summed E-state index contributed by atoms with van der Waals surface area (Å²) in [5.74, 6) is -0.683. The van der Waals surface area contributed by atoms with Gasteiger partial charge in [-0.3, -0.25) is 4.79 Å². The van der Waals surface area contributed by atoms with Gasteiger partial charge in [0.15, 0.2) is 5.96 Å². The van der Waals surface area contributed by atoms with E-state index in [1.807, 2.05) is 49.1 Å². The van der Waals surface area contributed by atoms with Crippen LogP contribution in [0.4, 0.5) is 0 Å². The summed E-state index contributed by atoms with van der Waals surface area (Å²) in [6.45, 7) is 0.805. The van der Waals surface area contributed by atoms with Gasteiger partial charge in [0.05, 0.1) is 0 Å². The molecule has 0 aliphatic heterocycles. The van der Waals surface area contributed by atoms with Crippen molar-refractivity contribution in [1.82, 2.24) is 9.47 Å². The molecule has 0 atom stereocenters. The Morgan fingerprint density at radius 3 is 2.48 bits per heavy atom. The van der Waals surface area contributed by atoms with E-state index < -0.39 is 5.91 Å². The normalized spacial score (nSPS) is 9.70. The Bertz CT molecular complexity index is 678. The molecule has 23 heavy (non-hydrogen) atoms. The average Bonchev–Trinajstić information content (AvgIpc) is 2.85. The second-order valence-electron chi connectivity index (χ2n) is 5.00. The van der Waals surface area contributed by atoms with Crippen LogP contribution in [-0.4, -0.2) is 35.4 Å². The maximum Gasteiger partial charge on any atom is 0.280 e. The van der Waals surface area contributed by atoms with Gasteiger partial charge in [0, 0.05) is 29.7 Å². The average molecular weight is 358 g/mol. The lowest BCUT2D eigenvalue weighted by Crippen LogP contribution is -2.24. The lowest BCUT2D eigenvalue weighted by Gasteiger charge is -2.14. The molecule has 1 heterocycles. The van der Waals surface area contributed by atoms with E-state index in [-0.39, 0.29) is 30.8 Å². The molecular weight excluding hydrogens is 337 g/mol. The fourth-order valence-electron chi connectivity index (χ4n) is 2.09. The minimum Gasteiger partial charge on any atom is -0.370 e. The number of aromatic nitrogens is 1. The number of carbonyl (C=O) groups excluding carboxylic acids is 1. The van der Waals surface area contributed by atoms with Crippen LogP contribution in [0.5, 0.6) is 0 Å². The summed E-state index contributed by atoms with van der Waals surface area (Å²) in [7, 11) is 4.02. The Morgan fingerprint density at radius 2 is 1.87 bits per heavy atom. The molecule has 0 saturated carbocycles. The van der Waals surface area contributed by atoms with E-state index >= 15 is 0 Å². The first-order valence-corrected chi connectivity index (χ1v) is 6.53. The molecule has 1 amide bonds. The van der Waals surface area contributed by atoms with E-state index in [0.29, 0.717) is 5.56 Å². The molecule has 0 fully saturated rings. The Balaban J connectivity index is 0.00000242. The third-order valence-electron chi connectivity index (χ3n) is 2.91. The molecule has 0 bridgehead atoms. The van der Waals surface area contributed by atoms with Crippen LogP contribution in [0.25, 0.3) is 5.69 Å². The standard InChI is InChI=1S/C15H19N5O.2ClH/c1-19(2)10-13-7-4-8-20(13)12-6-3-5-11(9-12)14(21)18-15(16)17;;/h3-9H,10H2,1-2H3,(H4,16,17,18,21);2*1H. The number of nitrogens with zero attached hydrogens (tertiary/aromatic N) is 3. The minimum absolute atomic E-state index is 0. The Kier molecular flexibility index (Phi) is 8.39. The molecule has 1 aromatic heterocycles. The van der Waals surface area contributed by atoms with Gasteiger partial charge in [-0.2, -0.15) is 4.99 Å². The molecule has 8 heteroatoms. The topological polar surface area (TPSA) is 89.6 Å². The Labute approximate surface area is 148 Å². The quantitative estimate of drug-likeness (QED) is 0.644. The van der Waals surface area contributed by atoms with E-state index in [1.54, 1.807) is 12.1 Å². The van der Waals surface area contributed by atoms with Gasteiger partial charge in [-0.15, -0.1) is 24.8 Å². The number of nitrogens with two attached hydrogens (primary N) is 2. The number of benzene rings is 1. The molecule has 6 nitrogen and oxygen atoms in total. The number of amides is 1. The van der Waals surface area contributed by atoms with Crippen LogP contribution in [0.3, 0.4) is 0 Å². The summed E-state index contributed by atoms with van der Waals surface area (Å²) in [4.78, 5) is 17.5. The van der Waals surface area contributed by atoms with Crippen LogP contribution in [0.1, 0.15) is 16.1 Å². The largest absolute Gasteiger partial charge is 0.370 e. The third kappa shape index (κ3) is 5.59. The predicted molar refractivity (Wildman–Crippen MR) is 97.8 cm³/mol. The van der Waals surface area contributed by atoms with Crippen LogP contribution in [0.15, 0.2) is 47.6 Å². The summed E-state index contributed by atoms with van der Waals surface area (Å²) < 4.78 is 2.03. The molecule has 0 aliphatic carbocycles. The molecule has 4 N–H and O–H groups in total. The third-order valence-corrected chi connectivity index (χ3v) is 2.91. The first kappa shape index (κ1) is 21.0. The van der Waals surface area contributed by atoms with Gasteiger partial charge in [-0.1, -0.05) is 6.07 Å². The van der Waals surface area contributed by atoms with E-state index in [2.05, 4.69) is 9.89 Å². The van der Waals surface area contributed by atoms with Gasteiger partial charge in [0.2, 0.25) is 0 Å². The molecule has 2 rings (SSSR count). The number of halogens is 2. The highest BCUT2D eigenvalue weighted by atomic mass is 35.5.